The Morgan fingerprint density at radius 2 is 1.68 bits per heavy atom. The van der Waals surface area contributed by atoms with Gasteiger partial charge in [0.1, 0.15) is 0 Å². The number of carbonyl (C=O) groups excluding carboxylic acids is 1. The van der Waals surface area contributed by atoms with Crippen LogP contribution in [0.1, 0.15) is 25.0 Å². The zero-order valence-electron chi connectivity index (χ0n) is 12.6. The fourth-order valence-electron chi connectivity index (χ4n) is 1.92. The molecule has 2 amide bonds. The lowest BCUT2D eigenvalue weighted by Gasteiger charge is -2.18. The van der Waals surface area contributed by atoms with Crippen LogP contribution in [-0.4, -0.2) is 11.1 Å². The molecule has 2 aromatic rings. The maximum Gasteiger partial charge on any atom is 0.319 e. The van der Waals surface area contributed by atoms with Crippen molar-refractivity contribution in [3.8, 4) is 0 Å². The number of urea groups is 1. The highest BCUT2D eigenvalue weighted by Crippen LogP contribution is 2.19. The van der Waals surface area contributed by atoms with Crippen LogP contribution in [0, 0.1) is 0 Å². The van der Waals surface area contributed by atoms with Gasteiger partial charge in [0, 0.05) is 17.3 Å². The summed E-state index contributed by atoms with van der Waals surface area (Å²) in [6.45, 7) is 3.88. The second-order valence-electron chi connectivity index (χ2n) is 5.57. The maximum absolute atomic E-state index is 11.8. The van der Waals surface area contributed by atoms with Crippen molar-refractivity contribution in [1.82, 2.24) is 5.32 Å². The number of hydrogen-bond donors (Lipinski definition) is 3. The SMILES string of the molecule is CC(C)(O)c1ccc(CNC(=O)Nc2ccc(Cl)cc2)cc1. The molecule has 0 spiro atoms. The summed E-state index contributed by atoms with van der Waals surface area (Å²) < 4.78 is 0. The highest BCUT2D eigenvalue weighted by Gasteiger charge is 2.15. The van der Waals surface area contributed by atoms with Gasteiger partial charge in [-0.1, -0.05) is 35.9 Å². The molecule has 0 aliphatic carbocycles. The summed E-state index contributed by atoms with van der Waals surface area (Å²) in [7, 11) is 0. The Kier molecular flexibility index (Phi) is 5.06. The number of rotatable bonds is 4. The van der Waals surface area contributed by atoms with E-state index in [0.29, 0.717) is 17.3 Å². The topological polar surface area (TPSA) is 61.4 Å². The molecule has 0 aromatic heterocycles. The Labute approximate surface area is 135 Å². The number of benzene rings is 2. The molecule has 0 heterocycles. The molecular weight excluding hydrogens is 300 g/mol. The van der Waals surface area contributed by atoms with Gasteiger partial charge in [-0.05, 0) is 49.2 Å². The first-order valence-corrected chi connectivity index (χ1v) is 7.34. The van der Waals surface area contributed by atoms with Crippen molar-refractivity contribution < 1.29 is 9.90 Å². The Balaban J connectivity index is 1.87. The minimum absolute atomic E-state index is 0.283. The van der Waals surface area contributed by atoms with Crippen molar-refractivity contribution >= 4 is 23.3 Å². The summed E-state index contributed by atoms with van der Waals surface area (Å²) in [6, 6.07) is 14.1. The number of hydrogen-bond acceptors (Lipinski definition) is 2. The molecule has 0 unspecified atom stereocenters. The monoisotopic (exact) mass is 318 g/mol. The maximum atomic E-state index is 11.8. The molecule has 0 fully saturated rings. The van der Waals surface area contributed by atoms with Crippen LogP contribution in [0.5, 0.6) is 0 Å². The molecule has 2 rings (SSSR count). The van der Waals surface area contributed by atoms with Crippen LogP contribution < -0.4 is 10.6 Å². The molecule has 0 bridgehead atoms. The molecule has 0 atom stereocenters. The average Bonchev–Trinajstić information content (AvgIpc) is 2.47. The normalized spacial score (nSPS) is 11.1. The van der Waals surface area contributed by atoms with Gasteiger partial charge < -0.3 is 15.7 Å². The Morgan fingerprint density at radius 1 is 1.09 bits per heavy atom. The third-order valence-corrected chi connectivity index (χ3v) is 3.47. The molecule has 0 radical (unpaired) electrons. The first-order chi connectivity index (χ1) is 10.3. The van der Waals surface area contributed by atoms with Crippen molar-refractivity contribution in [1.29, 1.82) is 0 Å². The summed E-state index contributed by atoms with van der Waals surface area (Å²) in [5, 5.41) is 16.0. The third-order valence-electron chi connectivity index (χ3n) is 3.22. The summed E-state index contributed by atoms with van der Waals surface area (Å²) in [5.41, 5.74) is 1.61. The van der Waals surface area contributed by atoms with Crippen LogP contribution in [0.2, 0.25) is 5.02 Å². The van der Waals surface area contributed by atoms with Gasteiger partial charge in [0.2, 0.25) is 0 Å². The molecule has 116 valence electrons. The van der Waals surface area contributed by atoms with Gasteiger partial charge >= 0.3 is 6.03 Å². The van der Waals surface area contributed by atoms with E-state index in [-0.39, 0.29) is 6.03 Å². The molecule has 0 aliphatic heterocycles. The van der Waals surface area contributed by atoms with Crippen LogP contribution in [0.3, 0.4) is 0 Å². The summed E-state index contributed by atoms with van der Waals surface area (Å²) in [4.78, 5) is 11.8. The van der Waals surface area contributed by atoms with Gasteiger partial charge in [-0.25, -0.2) is 4.79 Å². The van der Waals surface area contributed by atoms with Crippen molar-refractivity contribution in [2.75, 3.05) is 5.32 Å². The Bertz CT molecular complexity index is 631. The van der Waals surface area contributed by atoms with Crippen molar-refractivity contribution in [3.63, 3.8) is 0 Å². The predicted octanol–water partition coefficient (Wildman–Crippen LogP) is 3.89. The molecule has 0 saturated heterocycles. The minimum Gasteiger partial charge on any atom is -0.386 e. The second-order valence-corrected chi connectivity index (χ2v) is 6.01. The van der Waals surface area contributed by atoms with Crippen LogP contribution >= 0.6 is 11.6 Å². The highest BCUT2D eigenvalue weighted by molar-refractivity contribution is 6.30. The van der Waals surface area contributed by atoms with E-state index in [0.717, 1.165) is 11.1 Å². The summed E-state index contributed by atoms with van der Waals surface area (Å²) in [5.74, 6) is 0. The fourth-order valence-corrected chi connectivity index (χ4v) is 2.05. The third kappa shape index (κ3) is 4.76. The van der Waals surface area contributed by atoms with Gasteiger partial charge in [0.25, 0.3) is 0 Å². The minimum atomic E-state index is -0.863. The van der Waals surface area contributed by atoms with E-state index in [1.54, 1.807) is 38.1 Å². The standard InChI is InChI=1S/C17H19ClN2O2/c1-17(2,22)13-5-3-12(4-6-13)11-19-16(21)20-15-9-7-14(18)8-10-15/h3-10,22H,11H2,1-2H3,(H2,19,20,21). The van der Waals surface area contributed by atoms with Gasteiger partial charge in [-0.2, -0.15) is 0 Å². The first kappa shape index (κ1) is 16.3. The van der Waals surface area contributed by atoms with E-state index < -0.39 is 5.60 Å². The van der Waals surface area contributed by atoms with Gasteiger partial charge in [0.15, 0.2) is 0 Å². The number of anilines is 1. The molecule has 0 aliphatic rings. The molecule has 2 aromatic carbocycles. The largest absolute Gasteiger partial charge is 0.386 e. The van der Waals surface area contributed by atoms with E-state index >= 15 is 0 Å². The van der Waals surface area contributed by atoms with E-state index in [1.165, 1.54) is 0 Å². The molecule has 5 heteroatoms. The number of aliphatic hydroxyl groups is 1. The number of nitrogens with one attached hydrogen (secondary N) is 2. The number of carbonyl (C=O) groups is 1. The smallest absolute Gasteiger partial charge is 0.319 e. The molecule has 3 N–H and O–H groups in total. The van der Waals surface area contributed by atoms with Crippen molar-refractivity contribution in [2.24, 2.45) is 0 Å². The van der Waals surface area contributed by atoms with E-state index in [4.69, 9.17) is 11.6 Å². The van der Waals surface area contributed by atoms with Gasteiger partial charge in [-0.3, -0.25) is 0 Å². The van der Waals surface area contributed by atoms with E-state index in [2.05, 4.69) is 10.6 Å². The zero-order chi connectivity index (χ0) is 16.2. The fraction of sp³-hybridized carbons (Fsp3) is 0.235. The highest BCUT2D eigenvalue weighted by atomic mass is 35.5. The van der Waals surface area contributed by atoms with Crippen LogP contribution in [-0.2, 0) is 12.1 Å². The number of halogens is 1. The number of amides is 2. The lowest BCUT2D eigenvalue weighted by atomic mass is 9.97. The molecule has 0 saturated carbocycles. The molecule has 22 heavy (non-hydrogen) atoms. The Hall–Kier alpha value is -2.04. The van der Waals surface area contributed by atoms with E-state index in [1.807, 2.05) is 24.3 Å². The van der Waals surface area contributed by atoms with Crippen LogP contribution in [0.25, 0.3) is 0 Å². The van der Waals surface area contributed by atoms with E-state index in [9.17, 15) is 9.90 Å². The van der Waals surface area contributed by atoms with Crippen molar-refractivity contribution in [2.45, 2.75) is 26.0 Å². The van der Waals surface area contributed by atoms with Gasteiger partial charge in [0.05, 0.1) is 5.60 Å². The first-order valence-electron chi connectivity index (χ1n) is 6.97. The van der Waals surface area contributed by atoms with Crippen molar-refractivity contribution in [3.05, 3.63) is 64.7 Å². The van der Waals surface area contributed by atoms with Crippen LogP contribution in [0.4, 0.5) is 10.5 Å². The predicted molar refractivity (Wildman–Crippen MR) is 89.0 cm³/mol. The zero-order valence-corrected chi connectivity index (χ0v) is 13.3. The second kappa shape index (κ2) is 6.81. The summed E-state index contributed by atoms with van der Waals surface area (Å²) >= 11 is 5.79. The van der Waals surface area contributed by atoms with Crippen LogP contribution in [0.15, 0.2) is 48.5 Å². The average molecular weight is 319 g/mol. The lowest BCUT2D eigenvalue weighted by molar-refractivity contribution is 0.0786. The van der Waals surface area contributed by atoms with Gasteiger partial charge in [-0.15, -0.1) is 0 Å². The molecular formula is C17H19ClN2O2. The quantitative estimate of drug-likeness (QED) is 0.801. The molecule has 4 nitrogen and oxygen atoms in total. The summed E-state index contributed by atoms with van der Waals surface area (Å²) in [6.07, 6.45) is 0. The lowest BCUT2D eigenvalue weighted by Crippen LogP contribution is -2.28. The Morgan fingerprint density at radius 3 is 2.23 bits per heavy atom.